The lowest BCUT2D eigenvalue weighted by atomic mass is 9.94. The number of hydroxylamine groups is 1. The summed E-state index contributed by atoms with van der Waals surface area (Å²) in [5, 5.41) is 8.93. The third-order valence-electron chi connectivity index (χ3n) is 4.32. The average Bonchev–Trinajstić information content (AvgIpc) is 3.07. The molecule has 1 aliphatic rings. The van der Waals surface area contributed by atoms with Crippen molar-refractivity contribution in [3.63, 3.8) is 0 Å². The Morgan fingerprint density at radius 1 is 1.22 bits per heavy atom. The molecule has 1 fully saturated rings. The number of hydrogen-bond donors (Lipinski definition) is 2. The van der Waals surface area contributed by atoms with Crippen molar-refractivity contribution >= 4 is 29.0 Å². The Kier molecular flexibility index (Phi) is 5.09. The first-order chi connectivity index (χ1) is 11.1. The Hall–Kier alpha value is -1.30. The number of aryl methyl sites for hydroxylation is 1. The summed E-state index contributed by atoms with van der Waals surface area (Å²) < 4.78 is -0.196. The Morgan fingerprint density at radius 3 is 2.65 bits per heavy atom. The fourth-order valence-electron chi connectivity index (χ4n) is 3.03. The van der Waals surface area contributed by atoms with Crippen molar-refractivity contribution in [1.29, 1.82) is 0 Å². The van der Waals surface area contributed by atoms with Gasteiger partial charge in [0, 0.05) is 16.2 Å². The zero-order valence-electron chi connectivity index (χ0n) is 13.2. The molecule has 3 rings (SSSR count). The molecule has 122 valence electrons. The summed E-state index contributed by atoms with van der Waals surface area (Å²) in [6.07, 6.45) is 3.65. The first kappa shape index (κ1) is 16.6. The summed E-state index contributed by atoms with van der Waals surface area (Å²) in [6.45, 7) is 2.09. The lowest BCUT2D eigenvalue weighted by Crippen LogP contribution is -2.32. The number of benzene rings is 1. The molecule has 0 aliphatic carbocycles. The molecule has 2 N–H and O–H groups in total. The van der Waals surface area contributed by atoms with E-state index in [0.29, 0.717) is 6.42 Å². The quantitative estimate of drug-likeness (QED) is 0.621. The minimum absolute atomic E-state index is 0.196. The van der Waals surface area contributed by atoms with Gasteiger partial charge < -0.3 is 0 Å². The van der Waals surface area contributed by atoms with Crippen LogP contribution in [0.2, 0.25) is 0 Å². The summed E-state index contributed by atoms with van der Waals surface area (Å²) in [5.74, 6) is 0.765. The van der Waals surface area contributed by atoms with Crippen molar-refractivity contribution in [2.45, 2.75) is 37.4 Å². The van der Waals surface area contributed by atoms with E-state index in [2.05, 4.69) is 43.3 Å². The predicted octanol–water partition coefficient (Wildman–Crippen LogP) is 4.73. The molecular weight excluding hydrogens is 326 g/mol. The van der Waals surface area contributed by atoms with Crippen LogP contribution in [0.25, 0.3) is 10.4 Å². The van der Waals surface area contributed by atoms with Crippen LogP contribution in [0.1, 0.15) is 36.1 Å². The molecule has 5 heteroatoms. The molecule has 1 aromatic heterocycles. The maximum atomic E-state index is 11.8. The fourth-order valence-corrected chi connectivity index (χ4v) is 5.92. The number of amides is 1. The number of rotatable bonds is 4. The molecule has 1 saturated heterocycles. The highest BCUT2D eigenvalue weighted by molar-refractivity contribution is 8.00. The molecular formula is C18H21NO2S2. The van der Waals surface area contributed by atoms with Crippen LogP contribution in [0.5, 0.6) is 0 Å². The van der Waals surface area contributed by atoms with Gasteiger partial charge in [0.2, 0.25) is 5.91 Å². The first-order valence-electron chi connectivity index (χ1n) is 7.87. The molecule has 3 nitrogen and oxygen atoms in total. The van der Waals surface area contributed by atoms with Gasteiger partial charge in [-0.2, -0.15) is 0 Å². The summed E-state index contributed by atoms with van der Waals surface area (Å²) >= 11 is 3.62. The Balaban J connectivity index is 1.91. The van der Waals surface area contributed by atoms with Gasteiger partial charge in [-0.15, -0.1) is 23.1 Å². The van der Waals surface area contributed by atoms with Crippen LogP contribution in [-0.4, -0.2) is 16.9 Å². The Bertz CT molecular complexity index is 673. The lowest BCUT2D eigenvalue weighted by Gasteiger charge is -2.35. The molecule has 1 atom stereocenters. The monoisotopic (exact) mass is 347 g/mol. The topological polar surface area (TPSA) is 49.3 Å². The van der Waals surface area contributed by atoms with E-state index in [-0.39, 0.29) is 10.7 Å². The molecule has 0 radical (unpaired) electrons. The van der Waals surface area contributed by atoms with Gasteiger partial charge in [0.1, 0.15) is 0 Å². The SMILES string of the molecule is Cc1ccc(-c2ccc([C@@]3(CC(=O)NO)CCCCS3)s2)cc1. The molecule has 0 bridgehead atoms. The van der Waals surface area contributed by atoms with Crippen molar-refractivity contribution in [2.24, 2.45) is 0 Å². The minimum atomic E-state index is -0.301. The second kappa shape index (κ2) is 7.07. The number of hydrogen-bond acceptors (Lipinski definition) is 4. The highest BCUT2D eigenvalue weighted by Gasteiger charge is 2.38. The Labute approximate surface area is 145 Å². The minimum Gasteiger partial charge on any atom is -0.289 e. The van der Waals surface area contributed by atoms with Crippen LogP contribution >= 0.6 is 23.1 Å². The largest absolute Gasteiger partial charge is 0.289 e. The fraction of sp³-hybridized carbons (Fsp3) is 0.389. The van der Waals surface area contributed by atoms with E-state index in [0.717, 1.165) is 18.6 Å². The van der Waals surface area contributed by atoms with Crippen molar-refractivity contribution in [3.05, 3.63) is 46.8 Å². The summed E-state index contributed by atoms with van der Waals surface area (Å²) in [4.78, 5) is 14.3. The van der Waals surface area contributed by atoms with Gasteiger partial charge in [-0.1, -0.05) is 36.2 Å². The van der Waals surface area contributed by atoms with E-state index in [4.69, 9.17) is 5.21 Å². The molecule has 0 spiro atoms. The van der Waals surface area contributed by atoms with Crippen LogP contribution in [0, 0.1) is 6.92 Å². The molecule has 1 aromatic carbocycles. The van der Waals surface area contributed by atoms with Gasteiger partial charge in [-0.05, 0) is 43.2 Å². The molecule has 23 heavy (non-hydrogen) atoms. The standard InChI is InChI=1S/C18H21NO2S2/c1-13-4-6-14(7-5-13)15-8-9-16(23-15)18(12-17(20)19-21)10-2-3-11-22-18/h4-9,21H,2-3,10-12H2,1H3,(H,19,20)/t18-/m0/s1. The normalized spacial score (nSPS) is 21.1. The van der Waals surface area contributed by atoms with E-state index in [9.17, 15) is 4.79 Å². The maximum absolute atomic E-state index is 11.8. The van der Waals surface area contributed by atoms with Gasteiger partial charge in [0.25, 0.3) is 0 Å². The molecule has 2 heterocycles. The van der Waals surface area contributed by atoms with E-state index in [1.165, 1.54) is 27.3 Å². The van der Waals surface area contributed by atoms with Crippen molar-refractivity contribution in [3.8, 4) is 10.4 Å². The zero-order valence-corrected chi connectivity index (χ0v) is 14.8. The predicted molar refractivity (Wildman–Crippen MR) is 97.0 cm³/mol. The molecule has 1 aliphatic heterocycles. The van der Waals surface area contributed by atoms with Crippen molar-refractivity contribution in [2.75, 3.05) is 5.75 Å². The first-order valence-corrected chi connectivity index (χ1v) is 9.67. The van der Waals surface area contributed by atoms with Gasteiger partial charge in [0.15, 0.2) is 0 Å². The van der Waals surface area contributed by atoms with Crippen molar-refractivity contribution in [1.82, 2.24) is 5.48 Å². The van der Waals surface area contributed by atoms with Crippen LogP contribution in [0.15, 0.2) is 36.4 Å². The number of thioether (sulfide) groups is 1. The average molecular weight is 348 g/mol. The molecule has 0 unspecified atom stereocenters. The number of nitrogens with one attached hydrogen (secondary N) is 1. The van der Waals surface area contributed by atoms with Crippen LogP contribution < -0.4 is 5.48 Å². The van der Waals surface area contributed by atoms with E-state index < -0.39 is 0 Å². The molecule has 0 saturated carbocycles. The van der Waals surface area contributed by atoms with Crippen molar-refractivity contribution < 1.29 is 10.0 Å². The summed E-state index contributed by atoms with van der Waals surface area (Å²) in [6, 6.07) is 12.8. The smallest absolute Gasteiger partial charge is 0.245 e. The number of carbonyl (C=O) groups excluding carboxylic acids is 1. The summed E-state index contributed by atoms with van der Waals surface area (Å²) in [7, 11) is 0. The lowest BCUT2D eigenvalue weighted by molar-refractivity contribution is -0.129. The third kappa shape index (κ3) is 3.62. The van der Waals surface area contributed by atoms with Crippen LogP contribution in [0.4, 0.5) is 0 Å². The Morgan fingerprint density at radius 2 is 2.00 bits per heavy atom. The molecule has 1 amide bonds. The number of carbonyl (C=O) groups is 1. The second-order valence-electron chi connectivity index (χ2n) is 6.04. The van der Waals surface area contributed by atoms with E-state index >= 15 is 0 Å². The molecule has 2 aromatic rings. The van der Waals surface area contributed by atoms with E-state index in [1.54, 1.807) is 16.8 Å². The highest BCUT2D eigenvalue weighted by atomic mass is 32.2. The summed E-state index contributed by atoms with van der Waals surface area (Å²) in [5.41, 5.74) is 4.28. The number of thiophene rings is 1. The third-order valence-corrected chi connectivity index (χ3v) is 7.40. The highest BCUT2D eigenvalue weighted by Crippen LogP contribution is 2.50. The maximum Gasteiger partial charge on any atom is 0.245 e. The second-order valence-corrected chi connectivity index (χ2v) is 8.60. The van der Waals surface area contributed by atoms with E-state index in [1.807, 2.05) is 11.8 Å². The van der Waals surface area contributed by atoms with Gasteiger partial charge in [0.05, 0.1) is 4.75 Å². The van der Waals surface area contributed by atoms with Crippen LogP contribution in [0.3, 0.4) is 0 Å². The van der Waals surface area contributed by atoms with Gasteiger partial charge in [-0.3, -0.25) is 10.0 Å². The van der Waals surface area contributed by atoms with Crippen LogP contribution in [-0.2, 0) is 9.54 Å². The zero-order chi connectivity index (χ0) is 16.3. The van der Waals surface area contributed by atoms with Gasteiger partial charge >= 0.3 is 0 Å². The van der Waals surface area contributed by atoms with Gasteiger partial charge in [-0.25, -0.2) is 5.48 Å².